The molecule has 110 valence electrons. The average molecular weight is 322 g/mol. The van der Waals surface area contributed by atoms with E-state index in [0.29, 0.717) is 10.7 Å². The van der Waals surface area contributed by atoms with Crippen LogP contribution in [0, 0.1) is 0 Å². The van der Waals surface area contributed by atoms with Gasteiger partial charge in [-0.2, -0.15) is 0 Å². The first-order valence-electron chi connectivity index (χ1n) is 6.33. The Hall–Kier alpha value is -1.69. The fraction of sp³-hybridized carbons (Fsp3) is 0.133. The number of hydrogen-bond acceptors (Lipinski definition) is 4. The highest BCUT2D eigenvalue weighted by atomic mass is 35.5. The molecule has 6 heteroatoms. The third-order valence-corrected chi connectivity index (χ3v) is 4.31. The molecule has 0 aliphatic heterocycles. The zero-order valence-electron chi connectivity index (χ0n) is 11.3. The predicted octanol–water partition coefficient (Wildman–Crippen LogP) is 2.75. The largest absolute Gasteiger partial charge is 0.398 e. The van der Waals surface area contributed by atoms with Gasteiger partial charge in [-0.25, -0.2) is 5.84 Å². The maximum Gasteiger partial charge on any atom is 0.238 e. The highest BCUT2D eigenvalue weighted by Crippen LogP contribution is 2.30. The number of hydrogen-bond donors (Lipinski definition) is 3. The van der Waals surface area contributed by atoms with Crippen molar-refractivity contribution in [2.24, 2.45) is 5.84 Å². The number of nitrogens with one attached hydrogen (secondary N) is 1. The summed E-state index contributed by atoms with van der Waals surface area (Å²) in [4.78, 5) is 12.2. The monoisotopic (exact) mass is 321 g/mol. The first-order chi connectivity index (χ1) is 10.1. The SMILES string of the molecule is NNC(=O)Cc1ccc(CSc2ccc(Cl)cc2N)cc1. The van der Waals surface area contributed by atoms with Crippen LogP contribution in [0.2, 0.25) is 5.02 Å². The Morgan fingerprint density at radius 2 is 1.81 bits per heavy atom. The number of halogens is 1. The molecule has 0 unspecified atom stereocenters. The molecule has 0 saturated carbocycles. The van der Waals surface area contributed by atoms with Crippen molar-refractivity contribution in [1.82, 2.24) is 5.43 Å². The molecule has 0 bridgehead atoms. The molecule has 0 radical (unpaired) electrons. The van der Waals surface area contributed by atoms with Gasteiger partial charge in [-0.1, -0.05) is 35.9 Å². The molecule has 4 nitrogen and oxygen atoms in total. The van der Waals surface area contributed by atoms with Crippen molar-refractivity contribution in [3.8, 4) is 0 Å². The number of hydrazine groups is 1. The van der Waals surface area contributed by atoms with E-state index in [9.17, 15) is 4.79 Å². The van der Waals surface area contributed by atoms with E-state index in [-0.39, 0.29) is 12.3 Å². The van der Waals surface area contributed by atoms with Crippen LogP contribution in [0.25, 0.3) is 0 Å². The molecule has 1 amide bonds. The molecular weight excluding hydrogens is 306 g/mol. The van der Waals surface area contributed by atoms with E-state index in [1.54, 1.807) is 17.8 Å². The number of amides is 1. The Labute approximate surface area is 132 Å². The molecule has 0 aromatic heterocycles. The summed E-state index contributed by atoms with van der Waals surface area (Å²) >= 11 is 7.52. The zero-order chi connectivity index (χ0) is 15.2. The van der Waals surface area contributed by atoms with E-state index < -0.39 is 0 Å². The van der Waals surface area contributed by atoms with Gasteiger partial charge in [0.2, 0.25) is 5.91 Å². The van der Waals surface area contributed by atoms with E-state index in [1.807, 2.05) is 36.4 Å². The number of anilines is 1. The lowest BCUT2D eigenvalue weighted by atomic mass is 10.1. The van der Waals surface area contributed by atoms with Crippen molar-refractivity contribution in [1.29, 1.82) is 0 Å². The summed E-state index contributed by atoms with van der Waals surface area (Å²) in [5.41, 5.74) is 10.8. The number of carbonyl (C=O) groups excluding carboxylic acids is 1. The second-order valence-corrected chi connectivity index (χ2v) is 5.99. The van der Waals surface area contributed by atoms with Gasteiger partial charge in [0.25, 0.3) is 0 Å². The van der Waals surface area contributed by atoms with Crippen LogP contribution in [-0.2, 0) is 17.0 Å². The van der Waals surface area contributed by atoms with Gasteiger partial charge in [0, 0.05) is 21.4 Å². The van der Waals surface area contributed by atoms with Crippen molar-refractivity contribution in [2.75, 3.05) is 5.73 Å². The Bertz CT molecular complexity index is 631. The Kier molecular flexibility index (Phi) is 5.50. The van der Waals surface area contributed by atoms with Crippen LogP contribution in [0.15, 0.2) is 47.4 Å². The molecule has 0 fully saturated rings. The third kappa shape index (κ3) is 4.67. The summed E-state index contributed by atoms with van der Waals surface area (Å²) in [6.07, 6.45) is 0.286. The molecule has 0 saturated heterocycles. The molecule has 2 aromatic carbocycles. The summed E-state index contributed by atoms with van der Waals surface area (Å²) < 4.78 is 0. The minimum absolute atomic E-state index is 0.203. The van der Waals surface area contributed by atoms with E-state index in [1.165, 1.54) is 0 Å². The Balaban J connectivity index is 1.96. The van der Waals surface area contributed by atoms with Crippen LogP contribution >= 0.6 is 23.4 Å². The maximum absolute atomic E-state index is 11.2. The van der Waals surface area contributed by atoms with Crippen molar-refractivity contribution in [3.05, 3.63) is 58.6 Å². The minimum atomic E-state index is -0.203. The van der Waals surface area contributed by atoms with Gasteiger partial charge in [0.15, 0.2) is 0 Å². The van der Waals surface area contributed by atoms with E-state index in [4.69, 9.17) is 23.2 Å². The predicted molar refractivity (Wildman–Crippen MR) is 87.9 cm³/mol. The quantitative estimate of drug-likeness (QED) is 0.260. The molecule has 2 aromatic rings. The van der Waals surface area contributed by atoms with Gasteiger partial charge in [-0.05, 0) is 29.3 Å². The van der Waals surface area contributed by atoms with Gasteiger partial charge >= 0.3 is 0 Å². The molecule has 0 aliphatic carbocycles. The van der Waals surface area contributed by atoms with Crippen molar-refractivity contribution in [2.45, 2.75) is 17.1 Å². The molecular formula is C15H16ClN3OS. The van der Waals surface area contributed by atoms with E-state index >= 15 is 0 Å². The van der Waals surface area contributed by atoms with Crippen LogP contribution in [0.1, 0.15) is 11.1 Å². The van der Waals surface area contributed by atoms with E-state index in [2.05, 4.69) is 5.43 Å². The van der Waals surface area contributed by atoms with Gasteiger partial charge in [-0.15, -0.1) is 11.8 Å². The summed E-state index contributed by atoms with van der Waals surface area (Å²) in [7, 11) is 0. The number of rotatable bonds is 5. The topological polar surface area (TPSA) is 81.1 Å². The molecule has 0 atom stereocenters. The molecule has 5 N–H and O–H groups in total. The standard InChI is InChI=1S/C15H16ClN3OS/c16-12-5-6-14(13(17)8-12)21-9-11-3-1-10(2-4-11)7-15(20)19-18/h1-6,8H,7,9,17-18H2,(H,19,20). The highest BCUT2D eigenvalue weighted by Gasteiger charge is 2.04. The first kappa shape index (κ1) is 15.7. The lowest BCUT2D eigenvalue weighted by Crippen LogP contribution is -2.31. The van der Waals surface area contributed by atoms with Crippen LogP contribution < -0.4 is 17.0 Å². The minimum Gasteiger partial charge on any atom is -0.398 e. The van der Waals surface area contributed by atoms with Crippen LogP contribution in [0.4, 0.5) is 5.69 Å². The number of thioether (sulfide) groups is 1. The van der Waals surface area contributed by atoms with Crippen molar-refractivity contribution < 1.29 is 4.79 Å². The zero-order valence-corrected chi connectivity index (χ0v) is 12.9. The number of nitrogen functional groups attached to an aromatic ring is 1. The summed E-state index contributed by atoms with van der Waals surface area (Å²) in [5, 5.41) is 0.638. The van der Waals surface area contributed by atoms with Gasteiger partial charge < -0.3 is 5.73 Å². The molecule has 0 heterocycles. The summed E-state index contributed by atoms with van der Waals surface area (Å²) in [5.74, 6) is 5.66. The number of nitrogens with two attached hydrogens (primary N) is 2. The van der Waals surface area contributed by atoms with Crippen LogP contribution in [0.3, 0.4) is 0 Å². The summed E-state index contributed by atoms with van der Waals surface area (Å²) in [6, 6.07) is 13.3. The second-order valence-electron chi connectivity index (χ2n) is 4.53. The Morgan fingerprint density at radius 3 is 2.43 bits per heavy atom. The summed E-state index contributed by atoms with van der Waals surface area (Å²) in [6.45, 7) is 0. The van der Waals surface area contributed by atoms with Crippen LogP contribution in [0.5, 0.6) is 0 Å². The number of benzene rings is 2. The third-order valence-electron chi connectivity index (χ3n) is 2.91. The van der Waals surface area contributed by atoms with Gasteiger partial charge in [0.05, 0.1) is 6.42 Å². The fourth-order valence-corrected chi connectivity index (χ4v) is 2.89. The average Bonchev–Trinajstić information content (AvgIpc) is 2.48. The number of carbonyl (C=O) groups is 1. The fourth-order valence-electron chi connectivity index (χ4n) is 1.80. The van der Waals surface area contributed by atoms with Gasteiger partial charge in [-0.3, -0.25) is 10.2 Å². The lowest BCUT2D eigenvalue weighted by molar-refractivity contribution is -0.120. The molecule has 0 spiro atoms. The van der Waals surface area contributed by atoms with Crippen molar-refractivity contribution in [3.63, 3.8) is 0 Å². The smallest absolute Gasteiger partial charge is 0.238 e. The highest BCUT2D eigenvalue weighted by molar-refractivity contribution is 7.98. The molecule has 21 heavy (non-hydrogen) atoms. The van der Waals surface area contributed by atoms with Gasteiger partial charge in [0.1, 0.15) is 0 Å². The normalized spacial score (nSPS) is 10.4. The maximum atomic E-state index is 11.2. The van der Waals surface area contributed by atoms with Crippen LogP contribution in [-0.4, -0.2) is 5.91 Å². The molecule has 0 aliphatic rings. The second kappa shape index (κ2) is 7.36. The van der Waals surface area contributed by atoms with Crippen molar-refractivity contribution >= 4 is 35.0 Å². The van der Waals surface area contributed by atoms with E-state index in [0.717, 1.165) is 21.8 Å². The Morgan fingerprint density at radius 1 is 1.14 bits per heavy atom. The molecule has 2 rings (SSSR count). The lowest BCUT2D eigenvalue weighted by Gasteiger charge is -2.07. The first-order valence-corrected chi connectivity index (χ1v) is 7.70.